The first-order valence-corrected chi connectivity index (χ1v) is 7.67. The minimum absolute atomic E-state index is 0.0140. The van der Waals surface area contributed by atoms with Gasteiger partial charge >= 0.3 is 0 Å². The monoisotopic (exact) mass is 282 g/mol. The molecule has 5 nitrogen and oxygen atoms in total. The average Bonchev–Trinajstić information content (AvgIpc) is 3.21. The zero-order valence-electron chi connectivity index (χ0n) is 12.9. The molecule has 1 saturated heterocycles. The highest BCUT2D eigenvalue weighted by molar-refractivity contribution is 5.97. The number of piperazine rings is 1. The van der Waals surface area contributed by atoms with Gasteiger partial charge in [0.1, 0.15) is 12.1 Å². The lowest BCUT2D eigenvalue weighted by Crippen LogP contribution is -2.67. The molecule has 0 radical (unpaired) electrons. The molecule has 1 aliphatic heterocycles. The van der Waals surface area contributed by atoms with Gasteiger partial charge < -0.3 is 15.0 Å². The Morgan fingerprint density at radius 1 is 1.30 bits per heavy atom. The summed E-state index contributed by atoms with van der Waals surface area (Å²) in [6.45, 7) is 8.97. The molecular weight excluding hydrogens is 256 g/mol. The lowest BCUT2D eigenvalue weighted by molar-refractivity contribution is -0.155. The smallest absolute Gasteiger partial charge is 0.246 e. The van der Waals surface area contributed by atoms with E-state index in [2.05, 4.69) is 5.32 Å². The van der Waals surface area contributed by atoms with Crippen molar-refractivity contribution in [1.82, 2.24) is 10.2 Å². The molecule has 3 unspecified atom stereocenters. The molecular formula is C15H26N2O3. The van der Waals surface area contributed by atoms with Gasteiger partial charge in [0.25, 0.3) is 0 Å². The van der Waals surface area contributed by atoms with Crippen molar-refractivity contribution in [3.63, 3.8) is 0 Å². The van der Waals surface area contributed by atoms with Crippen LogP contribution in [-0.4, -0.2) is 48.1 Å². The summed E-state index contributed by atoms with van der Waals surface area (Å²) in [7, 11) is 0. The van der Waals surface area contributed by atoms with Gasteiger partial charge in [-0.05, 0) is 38.5 Å². The van der Waals surface area contributed by atoms with E-state index in [4.69, 9.17) is 4.74 Å². The first-order valence-electron chi connectivity index (χ1n) is 7.67. The molecule has 0 bridgehead atoms. The minimum Gasteiger partial charge on any atom is -0.380 e. The number of hydrogen-bond acceptors (Lipinski definition) is 3. The van der Waals surface area contributed by atoms with Gasteiger partial charge in [-0.15, -0.1) is 0 Å². The van der Waals surface area contributed by atoms with E-state index in [-0.39, 0.29) is 35.9 Å². The molecule has 2 aliphatic rings. The van der Waals surface area contributed by atoms with Gasteiger partial charge in [0.15, 0.2) is 0 Å². The highest BCUT2D eigenvalue weighted by atomic mass is 16.5. The summed E-state index contributed by atoms with van der Waals surface area (Å²) in [5.41, 5.74) is 0. The van der Waals surface area contributed by atoms with Gasteiger partial charge in [-0.1, -0.05) is 13.8 Å². The number of rotatable bonds is 6. The first kappa shape index (κ1) is 15.3. The lowest BCUT2D eigenvalue weighted by Gasteiger charge is -2.44. The summed E-state index contributed by atoms with van der Waals surface area (Å²) in [5, 5.41) is 2.93. The van der Waals surface area contributed by atoms with E-state index in [1.54, 1.807) is 4.90 Å². The number of carbonyl (C=O) groups is 2. The van der Waals surface area contributed by atoms with Crippen molar-refractivity contribution in [2.75, 3.05) is 13.2 Å². The van der Waals surface area contributed by atoms with Gasteiger partial charge in [0.2, 0.25) is 11.8 Å². The molecule has 2 fully saturated rings. The summed E-state index contributed by atoms with van der Waals surface area (Å²) in [6, 6.07) is -0.767. The highest BCUT2D eigenvalue weighted by Crippen LogP contribution is 2.36. The molecule has 2 amide bonds. The number of amides is 2. The Morgan fingerprint density at radius 2 is 1.95 bits per heavy atom. The number of nitrogens with zero attached hydrogens (tertiary/aromatic N) is 1. The van der Waals surface area contributed by atoms with Crippen LogP contribution < -0.4 is 5.32 Å². The third-order valence-corrected chi connectivity index (χ3v) is 4.15. The van der Waals surface area contributed by atoms with Gasteiger partial charge in [-0.3, -0.25) is 9.59 Å². The predicted molar refractivity (Wildman–Crippen MR) is 76.1 cm³/mol. The standard InChI is InChI=1S/C15H26N2O3/c1-5-20-8-10(4)17-13(9(2)3)14(18)16-12(15(17)19)11-6-7-11/h9-13H,5-8H2,1-4H3,(H,16,18). The topological polar surface area (TPSA) is 58.6 Å². The molecule has 5 heteroatoms. The summed E-state index contributed by atoms with van der Waals surface area (Å²) in [6.07, 6.45) is 2.08. The SMILES string of the molecule is CCOCC(C)N1C(=O)C(C2CC2)NC(=O)C1C(C)C. The fraction of sp³-hybridized carbons (Fsp3) is 0.867. The summed E-state index contributed by atoms with van der Waals surface area (Å²) >= 11 is 0. The third kappa shape index (κ3) is 2.97. The summed E-state index contributed by atoms with van der Waals surface area (Å²) < 4.78 is 5.45. The number of hydrogen-bond donors (Lipinski definition) is 1. The Morgan fingerprint density at radius 3 is 2.45 bits per heavy atom. The third-order valence-electron chi connectivity index (χ3n) is 4.15. The van der Waals surface area contributed by atoms with Gasteiger partial charge in [0, 0.05) is 6.61 Å². The zero-order valence-corrected chi connectivity index (χ0v) is 12.9. The van der Waals surface area contributed by atoms with E-state index in [1.807, 2.05) is 27.7 Å². The van der Waals surface area contributed by atoms with E-state index < -0.39 is 0 Å². The maximum Gasteiger partial charge on any atom is 0.246 e. The second-order valence-corrected chi connectivity index (χ2v) is 6.27. The van der Waals surface area contributed by atoms with Crippen LogP contribution in [0.15, 0.2) is 0 Å². The molecule has 0 aromatic carbocycles. The van der Waals surface area contributed by atoms with Gasteiger partial charge in [-0.25, -0.2) is 0 Å². The molecule has 1 saturated carbocycles. The van der Waals surface area contributed by atoms with Crippen molar-refractivity contribution >= 4 is 11.8 Å². The molecule has 1 heterocycles. The van der Waals surface area contributed by atoms with E-state index in [9.17, 15) is 9.59 Å². The Bertz CT molecular complexity index is 379. The average molecular weight is 282 g/mol. The second kappa shape index (κ2) is 6.12. The van der Waals surface area contributed by atoms with Gasteiger partial charge in [-0.2, -0.15) is 0 Å². The number of carbonyl (C=O) groups excluding carboxylic acids is 2. The van der Waals surface area contributed by atoms with Crippen molar-refractivity contribution < 1.29 is 14.3 Å². The van der Waals surface area contributed by atoms with Crippen LogP contribution in [-0.2, 0) is 14.3 Å². The Labute approximate surface area is 121 Å². The van der Waals surface area contributed by atoms with Crippen molar-refractivity contribution in [1.29, 1.82) is 0 Å². The Kier molecular flexibility index (Phi) is 4.68. The summed E-state index contributed by atoms with van der Waals surface area (Å²) in [5.74, 6) is 0.488. The van der Waals surface area contributed by atoms with Crippen LogP contribution in [0.5, 0.6) is 0 Å². The molecule has 1 N–H and O–H groups in total. The fourth-order valence-electron chi connectivity index (χ4n) is 2.96. The summed E-state index contributed by atoms with van der Waals surface area (Å²) in [4.78, 5) is 26.9. The van der Waals surface area contributed by atoms with Crippen LogP contribution in [0.3, 0.4) is 0 Å². The second-order valence-electron chi connectivity index (χ2n) is 6.27. The van der Waals surface area contributed by atoms with Crippen LogP contribution in [0.2, 0.25) is 0 Å². The van der Waals surface area contributed by atoms with E-state index >= 15 is 0 Å². The number of ether oxygens (including phenoxy) is 1. The molecule has 3 atom stereocenters. The van der Waals surface area contributed by atoms with Crippen molar-refractivity contribution in [3.8, 4) is 0 Å². The predicted octanol–water partition coefficient (Wildman–Crippen LogP) is 1.17. The minimum atomic E-state index is -0.382. The molecule has 0 aromatic heterocycles. The quantitative estimate of drug-likeness (QED) is 0.795. The van der Waals surface area contributed by atoms with Crippen LogP contribution in [0.25, 0.3) is 0 Å². The molecule has 2 rings (SSSR count). The van der Waals surface area contributed by atoms with Crippen LogP contribution in [0, 0.1) is 11.8 Å². The molecule has 20 heavy (non-hydrogen) atoms. The van der Waals surface area contributed by atoms with Crippen LogP contribution >= 0.6 is 0 Å². The largest absolute Gasteiger partial charge is 0.380 e. The highest BCUT2D eigenvalue weighted by Gasteiger charge is 2.48. The van der Waals surface area contributed by atoms with Crippen molar-refractivity contribution in [2.45, 2.75) is 58.7 Å². The van der Waals surface area contributed by atoms with Crippen LogP contribution in [0.4, 0.5) is 0 Å². The molecule has 0 aromatic rings. The van der Waals surface area contributed by atoms with E-state index in [0.717, 1.165) is 12.8 Å². The first-order chi connectivity index (χ1) is 9.47. The van der Waals surface area contributed by atoms with Crippen molar-refractivity contribution in [2.24, 2.45) is 11.8 Å². The molecule has 0 spiro atoms. The lowest BCUT2D eigenvalue weighted by atomic mass is 9.94. The Balaban J connectivity index is 2.18. The number of nitrogens with one attached hydrogen (secondary N) is 1. The molecule has 1 aliphatic carbocycles. The fourth-order valence-corrected chi connectivity index (χ4v) is 2.96. The molecule has 114 valence electrons. The van der Waals surface area contributed by atoms with E-state index in [0.29, 0.717) is 19.1 Å². The van der Waals surface area contributed by atoms with Crippen molar-refractivity contribution in [3.05, 3.63) is 0 Å². The maximum atomic E-state index is 12.7. The maximum absolute atomic E-state index is 12.7. The van der Waals surface area contributed by atoms with Crippen LogP contribution in [0.1, 0.15) is 40.5 Å². The normalized spacial score (nSPS) is 28.8. The van der Waals surface area contributed by atoms with Gasteiger partial charge in [0.05, 0.1) is 12.6 Å². The zero-order chi connectivity index (χ0) is 14.9. The Hall–Kier alpha value is -1.10. The van der Waals surface area contributed by atoms with E-state index in [1.165, 1.54) is 0 Å².